The van der Waals surface area contributed by atoms with Gasteiger partial charge in [-0.15, -0.1) is 0 Å². The molecule has 1 amide bonds. The third-order valence-electron chi connectivity index (χ3n) is 3.35. The van der Waals surface area contributed by atoms with Crippen LogP contribution in [0.4, 0.5) is 5.69 Å². The molecule has 106 valence electrons. The van der Waals surface area contributed by atoms with E-state index in [9.17, 15) is 4.79 Å². The van der Waals surface area contributed by atoms with E-state index in [0.29, 0.717) is 5.76 Å². The van der Waals surface area contributed by atoms with Gasteiger partial charge in [0.15, 0.2) is 5.76 Å². The van der Waals surface area contributed by atoms with Crippen molar-refractivity contribution in [3.05, 3.63) is 63.4 Å². The molecule has 21 heavy (non-hydrogen) atoms. The second-order valence-electron chi connectivity index (χ2n) is 4.76. The SMILES string of the molecule is CCc1cc(I)ccc1NC(=O)c1cc2ccccc2o1. The number of hydrogen-bond donors (Lipinski definition) is 1. The standard InChI is InChI=1S/C17H14INO2/c1-2-11-9-13(18)7-8-14(11)19-17(20)16-10-12-5-3-4-6-15(12)21-16/h3-10H,2H2,1H3,(H,19,20). The van der Waals surface area contributed by atoms with E-state index >= 15 is 0 Å². The van der Waals surface area contributed by atoms with E-state index in [2.05, 4.69) is 40.9 Å². The lowest BCUT2D eigenvalue weighted by molar-refractivity contribution is 0.0998. The van der Waals surface area contributed by atoms with Gasteiger partial charge < -0.3 is 9.73 Å². The summed E-state index contributed by atoms with van der Waals surface area (Å²) in [5.41, 5.74) is 2.68. The molecule has 0 aliphatic rings. The highest BCUT2D eigenvalue weighted by molar-refractivity contribution is 14.1. The van der Waals surface area contributed by atoms with Crippen LogP contribution >= 0.6 is 22.6 Å². The van der Waals surface area contributed by atoms with Crippen LogP contribution in [0.1, 0.15) is 23.0 Å². The predicted molar refractivity (Wildman–Crippen MR) is 92.7 cm³/mol. The molecule has 0 aliphatic heterocycles. The number of amides is 1. The van der Waals surface area contributed by atoms with Crippen LogP contribution in [-0.4, -0.2) is 5.91 Å². The quantitative estimate of drug-likeness (QED) is 0.649. The van der Waals surface area contributed by atoms with Gasteiger partial charge in [-0.25, -0.2) is 0 Å². The van der Waals surface area contributed by atoms with E-state index in [1.807, 2.05) is 36.4 Å². The molecule has 0 saturated carbocycles. The highest BCUT2D eigenvalue weighted by Gasteiger charge is 2.13. The minimum absolute atomic E-state index is 0.220. The Morgan fingerprint density at radius 1 is 1.19 bits per heavy atom. The average molecular weight is 391 g/mol. The topological polar surface area (TPSA) is 42.2 Å². The van der Waals surface area contributed by atoms with Crippen molar-refractivity contribution in [2.45, 2.75) is 13.3 Å². The van der Waals surface area contributed by atoms with Crippen LogP contribution in [0.3, 0.4) is 0 Å². The molecule has 0 spiro atoms. The Labute approximate surface area is 136 Å². The molecule has 1 aromatic heterocycles. The summed E-state index contributed by atoms with van der Waals surface area (Å²) < 4.78 is 6.74. The zero-order chi connectivity index (χ0) is 14.8. The second-order valence-corrected chi connectivity index (χ2v) is 6.00. The number of anilines is 1. The summed E-state index contributed by atoms with van der Waals surface area (Å²) in [6, 6.07) is 15.4. The number of para-hydroxylation sites is 1. The van der Waals surface area contributed by atoms with Crippen molar-refractivity contribution in [3.8, 4) is 0 Å². The largest absolute Gasteiger partial charge is 0.451 e. The number of furan rings is 1. The number of halogens is 1. The molecule has 0 aliphatic carbocycles. The molecular weight excluding hydrogens is 377 g/mol. The molecule has 3 aromatic rings. The molecule has 0 bridgehead atoms. The van der Waals surface area contributed by atoms with E-state index in [1.165, 1.54) is 0 Å². The smallest absolute Gasteiger partial charge is 0.291 e. The van der Waals surface area contributed by atoms with Gasteiger partial charge in [-0.3, -0.25) is 4.79 Å². The number of nitrogens with one attached hydrogen (secondary N) is 1. The van der Waals surface area contributed by atoms with Gasteiger partial charge in [-0.05, 0) is 64.9 Å². The molecule has 2 aromatic carbocycles. The van der Waals surface area contributed by atoms with Crippen LogP contribution in [0.2, 0.25) is 0 Å². The lowest BCUT2D eigenvalue weighted by Crippen LogP contribution is -2.12. The van der Waals surface area contributed by atoms with Crippen molar-refractivity contribution >= 4 is 45.2 Å². The Morgan fingerprint density at radius 2 is 2.00 bits per heavy atom. The van der Waals surface area contributed by atoms with E-state index in [0.717, 1.165) is 32.2 Å². The first-order chi connectivity index (χ1) is 10.2. The first-order valence-electron chi connectivity index (χ1n) is 6.75. The van der Waals surface area contributed by atoms with Crippen LogP contribution in [0, 0.1) is 3.57 Å². The molecule has 1 heterocycles. The maximum atomic E-state index is 12.3. The summed E-state index contributed by atoms with van der Waals surface area (Å²) >= 11 is 2.27. The molecule has 0 unspecified atom stereocenters. The monoisotopic (exact) mass is 391 g/mol. The Bertz CT molecular complexity index is 774. The Balaban J connectivity index is 1.89. The maximum absolute atomic E-state index is 12.3. The maximum Gasteiger partial charge on any atom is 0.291 e. The highest BCUT2D eigenvalue weighted by Crippen LogP contribution is 2.23. The third-order valence-corrected chi connectivity index (χ3v) is 4.02. The van der Waals surface area contributed by atoms with Crippen molar-refractivity contribution in [3.63, 3.8) is 0 Å². The van der Waals surface area contributed by atoms with Crippen molar-refractivity contribution in [2.24, 2.45) is 0 Å². The molecule has 3 rings (SSSR count). The molecule has 0 atom stereocenters. The first kappa shape index (κ1) is 14.1. The highest BCUT2D eigenvalue weighted by atomic mass is 127. The number of carbonyl (C=O) groups excluding carboxylic acids is 1. The molecule has 0 saturated heterocycles. The molecule has 3 nitrogen and oxygen atoms in total. The van der Waals surface area contributed by atoms with Gasteiger partial charge in [0.2, 0.25) is 0 Å². The number of rotatable bonds is 3. The van der Waals surface area contributed by atoms with E-state index in [-0.39, 0.29) is 5.91 Å². The summed E-state index contributed by atoms with van der Waals surface area (Å²) in [5, 5.41) is 3.86. The fourth-order valence-electron chi connectivity index (χ4n) is 2.25. The fourth-order valence-corrected chi connectivity index (χ4v) is 2.81. The summed E-state index contributed by atoms with van der Waals surface area (Å²) in [6.45, 7) is 2.07. The number of fused-ring (bicyclic) bond motifs is 1. The van der Waals surface area contributed by atoms with Crippen molar-refractivity contribution in [1.82, 2.24) is 0 Å². The first-order valence-corrected chi connectivity index (χ1v) is 7.83. The zero-order valence-electron chi connectivity index (χ0n) is 11.5. The minimum atomic E-state index is -0.220. The summed E-state index contributed by atoms with van der Waals surface area (Å²) in [4.78, 5) is 12.3. The van der Waals surface area contributed by atoms with Crippen LogP contribution in [0.25, 0.3) is 11.0 Å². The van der Waals surface area contributed by atoms with E-state index in [1.54, 1.807) is 6.07 Å². The van der Waals surface area contributed by atoms with Crippen LogP contribution in [0.15, 0.2) is 52.9 Å². The number of carbonyl (C=O) groups is 1. The van der Waals surface area contributed by atoms with E-state index < -0.39 is 0 Å². The number of hydrogen-bond acceptors (Lipinski definition) is 2. The second kappa shape index (κ2) is 5.89. The van der Waals surface area contributed by atoms with Gasteiger partial charge in [-0.2, -0.15) is 0 Å². The van der Waals surface area contributed by atoms with Gasteiger partial charge in [0.1, 0.15) is 5.58 Å². The Kier molecular flexibility index (Phi) is 3.96. The summed E-state index contributed by atoms with van der Waals surface area (Å²) in [7, 11) is 0. The predicted octanol–water partition coefficient (Wildman–Crippen LogP) is 4.85. The van der Waals surface area contributed by atoms with Gasteiger partial charge in [0.05, 0.1) is 0 Å². The Morgan fingerprint density at radius 3 is 2.76 bits per heavy atom. The fraction of sp³-hybridized carbons (Fsp3) is 0.118. The molecule has 0 radical (unpaired) electrons. The van der Waals surface area contributed by atoms with Gasteiger partial charge in [-0.1, -0.05) is 25.1 Å². The molecule has 0 fully saturated rings. The van der Waals surface area contributed by atoms with Crippen LogP contribution in [0.5, 0.6) is 0 Å². The van der Waals surface area contributed by atoms with E-state index in [4.69, 9.17) is 4.42 Å². The molecule has 1 N–H and O–H groups in total. The zero-order valence-corrected chi connectivity index (χ0v) is 13.7. The lowest BCUT2D eigenvalue weighted by atomic mass is 10.1. The summed E-state index contributed by atoms with van der Waals surface area (Å²) in [6.07, 6.45) is 0.868. The van der Waals surface area contributed by atoms with Gasteiger partial charge >= 0.3 is 0 Å². The van der Waals surface area contributed by atoms with Crippen molar-refractivity contribution in [1.29, 1.82) is 0 Å². The molecular formula is C17H14INO2. The Hall–Kier alpha value is -1.82. The third kappa shape index (κ3) is 2.95. The number of aryl methyl sites for hydroxylation is 1. The van der Waals surface area contributed by atoms with Crippen LogP contribution < -0.4 is 5.32 Å². The van der Waals surface area contributed by atoms with Crippen molar-refractivity contribution < 1.29 is 9.21 Å². The minimum Gasteiger partial charge on any atom is -0.451 e. The van der Waals surface area contributed by atoms with Crippen LogP contribution in [-0.2, 0) is 6.42 Å². The van der Waals surface area contributed by atoms with Crippen molar-refractivity contribution in [2.75, 3.05) is 5.32 Å². The lowest BCUT2D eigenvalue weighted by Gasteiger charge is -2.09. The molecule has 4 heteroatoms. The summed E-state index contributed by atoms with van der Waals surface area (Å²) in [5.74, 6) is 0.110. The normalized spacial score (nSPS) is 10.8. The number of benzene rings is 2. The van der Waals surface area contributed by atoms with Gasteiger partial charge in [0.25, 0.3) is 5.91 Å². The van der Waals surface area contributed by atoms with Gasteiger partial charge in [0, 0.05) is 14.6 Å². The average Bonchev–Trinajstić information content (AvgIpc) is 2.93.